The second-order valence-corrected chi connectivity index (χ2v) is 5.56. The Morgan fingerprint density at radius 3 is 2.88 bits per heavy atom. The monoisotopic (exact) mass is 270 g/mol. The number of aromatic nitrogens is 2. The SMILES string of the molecule is Cc1nc(SCc2ncoc2C)sc1C(=O)O. The van der Waals surface area contributed by atoms with Gasteiger partial charge in [0.2, 0.25) is 0 Å². The van der Waals surface area contributed by atoms with Gasteiger partial charge in [0.1, 0.15) is 10.6 Å². The molecule has 0 aromatic carbocycles. The summed E-state index contributed by atoms with van der Waals surface area (Å²) in [6, 6.07) is 0. The molecule has 2 aromatic heterocycles. The number of hydrogen-bond donors (Lipinski definition) is 1. The van der Waals surface area contributed by atoms with Crippen LogP contribution in [0.3, 0.4) is 0 Å². The van der Waals surface area contributed by atoms with Gasteiger partial charge in [0.25, 0.3) is 0 Å². The van der Waals surface area contributed by atoms with Crippen LogP contribution in [0.5, 0.6) is 0 Å². The first-order chi connectivity index (χ1) is 8.08. The normalized spacial score (nSPS) is 10.7. The highest BCUT2D eigenvalue weighted by Gasteiger charge is 2.14. The van der Waals surface area contributed by atoms with Crippen molar-refractivity contribution in [1.82, 2.24) is 9.97 Å². The molecule has 7 heteroatoms. The Morgan fingerprint density at radius 2 is 2.35 bits per heavy atom. The number of aryl methyl sites for hydroxylation is 2. The zero-order valence-electron chi connectivity index (χ0n) is 9.26. The van der Waals surface area contributed by atoms with Gasteiger partial charge in [-0.15, -0.1) is 11.3 Å². The molecule has 0 fully saturated rings. The third kappa shape index (κ3) is 2.67. The zero-order chi connectivity index (χ0) is 12.4. The van der Waals surface area contributed by atoms with Crippen LogP contribution in [0, 0.1) is 13.8 Å². The van der Waals surface area contributed by atoms with E-state index in [-0.39, 0.29) is 0 Å². The molecule has 0 saturated heterocycles. The number of aromatic carboxylic acids is 1. The largest absolute Gasteiger partial charge is 0.477 e. The molecule has 0 unspecified atom stereocenters. The van der Waals surface area contributed by atoms with Gasteiger partial charge in [0, 0.05) is 5.75 Å². The minimum absolute atomic E-state index is 0.296. The van der Waals surface area contributed by atoms with Gasteiger partial charge in [-0.2, -0.15) is 0 Å². The van der Waals surface area contributed by atoms with E-state index in [1.165, 1.54) is 29.5 Å². The molecule has 0 aliphatic heterocycles. The minimum atomic E-state index is -0.926. The Hall–Kier alpha value is -1.34. The average Bonchev–Trinajstić information content (AvgIpc) is 2.82. The molecule has 0 aliphatic rings. The Kier molecular flexibility index (Phi) is 3.49. The van der Waals surface area contributed by atoms with E-state index < -0.39 is 5.97 Å². The number of carboxylic acid groups (broad SMARTS) is 1. The number of thiazole rings is 1. The van der Waals surface area contributed by atoms with E-state index in [9.17, 15) is 4.79 Å². The lowest BCUT2D eigenvalue weighted by molar-refractivity contribution is 0.0701. The number of thioether (sulfide) groups is 1. The summed E-state index contributed by atoms with van der Waals surface area (Å²) in [4.78, 5) is 19.4. The summed E-state index contributed by atoms with van der Waals surface area (Å²) in [6.45, 7) is 3.55. The minimum Gasteiger partial charge on any atom is -0.477 e. The van der Waals surface area contributed by atoms with Crippen molar-refractivity contribution in [1.29, 1.82) is 0 Å². The quantitative estimate of drug-likeness (QED) is 0.861. The number of nitrogens with zero attached hydrogens (tertiary/aromatic N) is 2. The van der Waals surface area contributed by atoms with Gasteiger partial charge < -0.3 is 9.52 Å². The van der Waals surface area contributed by atoms with Crippen molar-refractivity contribution < 1.29 is 14.3 Å². The molecule has 2 rings (SSSR count). The van der Waals surface area contributed by atoms with Crippen molar-refractivity contribution >= 4 is 29.1 Å². The molecule has 0 bridgehead atoms. The van der Waals surface area contributed by atoms with Crippen molar-refractivity contribution in [3.8, 4) is 0 Å². The maximum atomic E-state index is 10.9. The Balaban J connectivity index is 2.07. The lowest BCUT2D eigenvalue weighted by Gasteiger charge is -1.93. The molecule has 0 radical (unpaired) electrons. The van der Waals surface area contributed by atoms with E-state index in [0.717, 1.165) is 15.8 Å². The van der Waals surface area contributed by atoms with E-state index in [1.54, 1.807) is 6.92 Å². The molecule has 0 aliphatic carbocycles. The van der Waals surface area contributed by atoms with Gasteiger partial charge in [-0.25, -0.2) is 14.8 Å². The van der Waals surface area contributed by atoms with Crippen molar-refractivity contribution in [3.05, 3.63) is 28.4 Å². The highest BCUT2D eigenvalue weighted by Crippen LogP contribution is 2.29. The second-order valence-electron chi connectivity index (χ2n) is 3.34. The number of hydrogen-bond acceptors (Lipinski definition) is 6. The molecular formula is C10H10N2O3S2. The van der Waals surface area contributed by atoms with Crippen LogP contribution in [0.15, 0.2) is 15.2 Å². The van der Waals surface area contributed by atoms with Crippen LogP contribution in [0.1, 0.15) is 26.8 Å². The van der Waals surface area contributed by atoms with Crippen LogP contribution in [-0.2, 0) is 5.75 Å². The molecule has 1 N–H and O–H groups in total. The van der Waals surface area contributed by atoms with Crippen molar-refractivity contribution in [2.45, 2.75) is 23.9 Å². The highest BCUT2D eigenvalue weighted by molar-refractivity contribution is 8.00. The number of carbonyl (C=O) groups is 1. The van der Waals surface area contributed by atoms with E-state index in [0.29, 0.717) is 16.3 Å². The van der Waals surface area contributed by atoms with Crippen LogP contribution in [0.2, 0.25) is 0 Å². The summed E-state index contributed by atoms with van der Waals surface area (Å²) in [5.74, 6) is 0.489. The van der Waals surface area contributed by atoms with E-state index >= 15 is 0 Å². The van der Waals surface area contributed by atoms with E-state index in [2.05, 4.69) is 9.97 Å². The maximum absolute atomic E-state index is 10.9. The molecule has 2 heterocycles. The molecule has 0 saturated carbocycles. The molecule has 0 amide bonds. The third-order valence-electron chi connectivity index (χ3n) is 2.15. The van der Waals surface area contributed by atoms with Gasteiger partial charge in [0.05, 0.1) is 11.4 Å². The van der Waals surface area contributed by atoms with Crippen LogP contribution in [0.4, 0.5) is 0 Å². The van der Waals surface area contributed by atoms with E-state index in [1.807, 2.05) is 6.92 Å². The molecule has 0 atom stereocenters. The maximum Gasteiger partial charge on any atom is 0.347 e. The Bertz CT molecular complexity index is 547. The number of oxazole rings is 1. The first-order valence-corrected chi connectivity index (χ1v) is 6.60. The van der Waals surface area contributed by atoms with E-state index in [4.69, 9.17) is 9.52 Å². The fourth-order valence-corrected chi connectivity index (χ4v) is 3.27. The predicted molar refractivity (Wildman–Crippen MR) is 64.6 cm³/mol. The predicted octanol–water partition coefficient (Wildman–Crippen LogP) is 2.74. The van der Waals surface area contributed by atoms with Crippen LogP contribution >= 0.6 is 23.1 Å². The summed E-state index contributed by atoms with van der Waals surface area (Å²) in [7, 11) is 0. The van der Waals surface area contributed by atoms with Crippen molar-refractivity contribution in [2.75, 3.05) is 0 Å². The molecular weight excluding hydrogens is 260 g/mol. The topological polar surface area (TPSA) is 76.2 Å². The number of carboxylic acids is 1. The summed E-state index contributed by atoms with van der Waals surface area (Å²) < 4.78 is 5.82. The Morgan fingerprint density at radius 1 is 1.59 bits per heavy atom. The van der Waals surface area contributed by atoms with Crippen LogP contribution in [-0.4, -0.2) is 21.0 Å². The molecule has 17 heavy (non-hydrogen) atoms. The first-order valence-electron chi connectivity index (χ1n) is 4.80. The lowest BCUT2D eigenvalue weighted by Crippen LogP contribution is -1.94. The molecule has 2 aromatic rings. The van der Waals surface area contributed by atoms with Crippen molar-refractivity contribution in [2.24, 2.45) is 0 Å². The van der Waals surface area contributed by atoms with Gasteiger partial charge in [-0.1, -0.05) is 11.8 Å². The highest BCUT2D eigenvalue weighted by atomic mass is 32.2. The van der Waals surface area contributed by atoms with Gasteiger partial charge >= 0.3 is 5.97 Å². The summed E-state index contributed by atoms with van der Waals surface area (Å²) in [5, 5.41) is 8.91. The number of rotatable bonds is 4. The van der Waals surface area contributed by atoms with Gasteiger partial charge in [0.15, 0.2) is 10.7 Å². The summed E-state index contributed by atoms with van der Waals surface area (Å²) in [6.07, 6.45) is 1.40. The average molecular weight is 270 g/mol. The Labute approximate surface area is 106 Å². The lowest BCUT2D eigenvalue weighted by atomic mass is 10.4. The smallest absolute Gasteiger partial charge is 0.347 e. The zero-order valence-corrected chi connectivity index (χ0v) is 10.9. The molecule has 5 nitrogen and oxygen atoms in total. The van der Waals surface area contributed by atoms with Crippen LogP contribution < -0.4 is 0 Å². The standard InChI is InChI=1S/C10H10N2O3S2/c1-5-8(9(13)14)17-10(12-5)16-3-7-6(2)15-4-11-7/h4H,3H2,1-2H3,(H,13,14). The third-order valence-corrected chi connectivity index (χ3v) is 4.45. The summed E-state index contributed by atoms with van der Waals surface area (Å²) in [5.41, 5.74) is 1.42. The fraction of sp³-hybridized carbons (Fsp3) is 0.300. The molecule has 90 valence electrons. The fourth-order valence-electron chi connectivity index (χ4n) is 1.23. The molecule has 0 spiro atoms. The van der Waals surface area contributed by atoms with Gasteiger partial charge in [-0.3, -0.25) is 0 Å². The summed E-state index contributed by atoms with van der Waals surface area (Å²) >= 11 is 2.66. The second kappa shape index (κ2) is 4.89. The first kappa shape index (κ1) is 12.1. The van der Waals surface area contributed by atoms with Crippen molar-refractivity contribution in [3.63, 3.8) is 0 Å². The van der Waals surface area contributed by atoms with Gasteiger partial charge in [-0.05, 0) is 13.8 Å². The van der Waals surface area contributed by atoms with Crippen LogP contribution in [0.25, 0.3) is 0 Å².